The molecular formula is C17H19NO3S. The maximum atomic E-state index is 12.4. The lowest BCUT2D eigenvalue weighted by Gasteiger charge is -2.28. The monoisotopic (exact) mass is 317 g/mol. The molecule has 0 amide bonds. The first-order valence-corrected chi connectivity index (χ1v) is 8.72. The van der Waals surface area contributed by atoms with Crippen LogP contribution in [-0.4, -0.2) is 22.0 Å². The Morgan fingerprint density at radius 3 is 2.55 bits per heavy atom. The predicted octanol–water partition coefficient (Wildman–Crippen LogP) is 3.15. The average molecular weight is 317 g/mol. The van der Waals surface area contributed by atoms with E-state index in [2.05, 4.69) is 4.90 Å². The molecular weight excluding hydrogens is 298 g/mol. The van der Waals surface area contributed by atoms with Crippen molar-refractivity contribution >= 4 is 15.8 Å². The largest absolute Gasteiger partial charge is 0.379 e. The minimum Gasteiger partial charge on any atom is -0.379 e. The van der Waals surface area contributed by atoms with E-state index in [0.717, 1.165) is 36.2 Å². The van der Waals surface area contributed by atoms with Crippen LogP contribution in [0.15, 0.2) is 47.4 Å². The van der Waals surface area contributed by atoms with Gasteiger partial charge >= 0.3 is 10.1 Å². The lowest BCUT2D eigenvalue weighted by atomic mass is 10.0. The number of aryl methyl sites for hydroxylation is 1. The molecule has 1 aliphatic heterocycles. The van der Waals surface area contributed by atoms with Crippen molar-refractivity contribution in [3.8, 4) is 5.75 Å². The number of rotatable bonds is 3. The molecule has 4 nitrogen and oxygen atoms in total. The van der Waals surface area contributed by atoms with Gasteiger partial charge in [0.05, 0.1) is 0 Å². The SMILES string of the molecule is Cc1ccc(S(=O)(=O)Oc2cccc3c2CCCN3C)cc1. The highest BCUT2D eigenvalue weighted by Crippen LogP contribution is 2.34. The van der Waals surface area contributed by atoms with Crippen molar-refractivity contribution in [1.29, 1.82) is 0 Å². The van der Waals surface area contributed by atoms with Crippen molar-refractivity contribution in [3.63, 3.8) is 0 Å². The highest BCUT2D eigenvalue weighted by atomic mass is 32.2. The summed E-state index contributed by atoms with van der Waals surface area (Å²) in [6.07, 6.45) is 1.83. The van der Waals surface area contributed by atoms with Crippen molar-refractivity contribution in [3.05, 3.63) is 53.6 Å². The first-order chi connectivity index (χ1) is 10.5. The Kier molecular flexibility index (Phi) is 3.83. The first-order valence-electron chi connectivity index (χ1n) is 7.31. The molecule has 5 heteroatoms. The third kappa shape index (κ3) is 2.81. The Labute approximate surface area is 131 Å². The van der Waals surface area contributed by atoms with E-state index in [9.17, 15) is 8.42 Å². The summed E-state index contributed by atoms with van der Waals surface area (Å²) in [5, 5.41) is 0. The smallest absolute Gasteiger partial charge is 0.339 e. The quantitative estimate of drug-likeness (QED) is 0.816. The molecule has 2 aromatic carbocycles. The number of hydrogen-bond acceptors (Lipinski definition) is 4. The Bertz CT molecular complexity index is 782. The fraction of sp³-hybridized carbons (Fsp3) is 0.294. The second-order valence-corrected chi connectivity index (χ2v) is 7.18. The van der Waals surface area contributed by atoms with Gasteiger partial charge in [-0.1, -0.05) is 23.8 Å². The van der Waals surface area contributed by atoms with Crippen molar-refractivity contribution in [1.82, 2.24) is 0 Å². The molecule has 3 rings (SSSR count). The summed E-state index contributed by atoms with van der Waals surface area (Å²) in [6, 6.07) is 12.2. The molecule has 1 aliphatic rings. The Hall–Kier alpha value is -2.01. The summed E-state index contributed by atoms with van der Waals surface area (Å²) in [6.45, 7) is 2.89. The van der Waals surface area contributed by atoms with Crippen LogP contribution < -0.4 is 9.08 Å². The minimum atomic E-state index is -3.80. The molecule has 0 spiro atoms. The second kappa shape index (κ2) is 5.65. The topological polar surface area (TPSA) is 46.6 Å². The summed E-state index contributed by atoms with van der Waals surface area (Å²) in [7, 11) is -1.79. The number of anilines is 1. The molecule has 0 aliphatic carbocycles. The van der Waals surface area contributed by atoms with Crippen LogP contribution in [0.1, 0.15) is 17.5 Å². The fourth-order valence-electron chi connectivity index (χ4n) is 2.73. The van der Waals surface area contributed by atoms with Crippen LogP contribution in [0.4, 0.5) is 5.69 Å². The Morgan fingerprint density at radius 2 is 1.82 bits per heavy atom. The van der Waals surface area contributed by atoms with Crippen LogP contribution in [0.25, 0.3) is 0 Å². The van der Waals surface area contributed by atoms with E-state index in [0.29, 0.717) is 5.75 Å². The number of fused-ring (bicyclic) bond motifs is 1. The predicted molar refractivity (Wildman–Crippen MR) is 87.0 cm³/mol. The summed E-state index contributed by atoms with van der Waals surface area (Å²) >= 11 is 0. The number of hydrogen-bond donors (Lipinski definition) is 0. The standard InChI is InChI=1S/C17H19NO3S/c1-13-8-10-14(11-9-13)22(19,20)21-17-7-3-6-16-15(17)5-4-12-18(16)2/h3,6-11H,4-5,12H2,1-2H3. The lowest BCUT2D eigenvalue weighted by Crippen LogP contribution is -2.25. The summed E-state index contributed by atoms with van der Waals surface area (Å²) in [5.74, 6) is 0.435. The van der Waals surface area contributed by atoms with Gasteiger partial charge in [0.25, 0.3) is 0 Å². The lowest BCUT2D eigenvalue weighted by molar-refractivity contribution is 0.481. The number of benzene rings is 2. The second-order valence-electron chi connectivity index (χ2n) is 5.63. The zero-order valence-electron chi connectivity index (χ0n) is 12.7. The van der Waals surface area contributed by atoms with E-state index < -0.39 is 10.1 Å². The zero-order valence-corrected chi connectivity index (χ0v) is 13.6. The third-order valence-electron chi connectivity index (χ3n) is 3.95. The highest BCUT2D eigenvalue weighted by molar-refractivity contribution is 7.87. The van der Waals surface area contributed by atoms with Gasteiger partial charge in [0.15, 0.2) is 0 Å². The zero-order chi connectivity index (χ0) is 15.7. The van der Waals surface area contributed by atoms with E-state index >= 15 is 0 Å². The normalized spacial score (nSPS) is 14.5. The van der Waals surface area contributed by atoms with Gasteiger partial charge in [0.2, 0.25) is 0 Å². The van der Waals surface area contributed by atoms with E-state index in [1.54, 1.807) is 30.3 Å². The van der Waals surface area contributed by atoms with Crippen LogP contribution in [0.2, 0.25) is 0 Å². The molecule has 0 atom stereocenters. The van der Waals surface area contributed by atoms with Gasteiger partial charge in [-0.15, -0.1) is 0 Å². The van der Waals surface area contributed by atoms with E-state index in [4.69, 9.17) is 4.18 Å². The van der Waals surface area contributed by atoms with Gasteiger partial charge in [0.1, 0.15) is 10.6 Å². The first kappa shape index (κ1) is 14.9. The van der Waals surface area contributed by atoms with Gasteiger partial charge in [-0.2, -0.15) is 8.42 Å². The van der Waals surface area contributed by atoms with Gasteiger partial charge < -0.3 is 9.08 Å². The van der Waals surface area contributed by atoms with Crippen LogP contribution in [0.3, 0.4) is 0 Å². The number of nitrogens with zero attached hydrogens (tertiary/aromatic N) is 1. The van der Waals surface area contributed by atoms with Gasteiger partial charge in [0, 0.05) is 24.8 Å². The maximum absolute atomic E-state index is 12.4. The van der Waals surface area contributed by atoms with Crippen molar-refractivity contribution < 1.29 is 12.6 Å². The van der Waals surface area contributed by atoms with E-state index in [-0.39, 0.29) is 4.90 Å². The van der Waals surface area contributed by atoms with Gasteiger partial charge in [-0.25, -0.2) is 0 Å². The fourth-order valence-corrected chi connectivity index (χ4v) is 3.68. The molecule has 0 aromatic heterocycles. The molecule has 0 bridgehead atoms. The van der Waals surface area contributed by atoms with Gasteiger partial charge in [-0.05, 0) is 44.0 Å². The minimum absolute atomic E-state index is 0.180. The molecule has 0 fully saturated rings. The van der Waals surface area contributed by atoms with Crippen LogP contribution in [-0.2, 0) is 16.5 Å². The average Bonchev–Trinajstić information content (AvgIpc) is 2.48. The third-order valence-corrected chi connectivity index (χ3v) is 5.20. The molecule has 0 saturated carbocycles. The maximum Gasteiger partial charge on any atom is 0.339 e. The molecule has 1 heterocycles. The Balaban J connectivity index is 1.96. The Morgan fingerprint density at radius 1 is 1.09 bits per heavy atom. The summed E-state index contributed by atoms with van der Waals surface area (Å²) in [4.78, 5) is 2.31. The highest BCUT2D eigenvalue weighted by Gasteiger charge is 2.22. The molecule has 116 valence electrons. The molecule has 2 aromatic rings. The van der Waals surface area contributed by atoms with Crippen LogP contribution >= 0.6 is 0 Å². The van der Waals surface area contributed by atoms with E-state index in [1.807, 2.05) is 26.1 Å². The summed E-state index contributed by atoms with van der Waals surface area (Å²) in [5.41, 5.74) is 3.02. The van der Waals surface area contributed by atoms with Crippen LogP contribution in [0, 0.1) is 6.92 Å². The van der Waals surface area contributed by atoms with Crippen molar-refractivity contribution in [2.24, 2.45) is 0 Å². The molecule has 0 saturated heterocycles. The molecule has 22 heavy (non-hydrogen) atoms. The van der Waals surface area contributed by atoms with Crippen molar-refractivity contribution in [2.75, 3.05) is 18.5 Å². The molecule has 0 N–H and O–H groups in total. The van der Waals surface area contributed by atoms with Crippen LogP contribution in [0.5, 0.6) is 5.75 Å². The summed E-state index contributed by atoms with van der Waals surface area (Å²) < 4.78 is 30.3. The molecule has 0 radical (unpaired) electrons. The molecule has 0 unspecified atom stereocenters. The van der Waals surface area contributed by atoms with Gasteiger partial charge in [-0.3, -0.25) is 0 Å². The van der Waals surface area contributed by atoms with Crippen molar-refractivity contribution in [2.45, 2.75) is 24.7 Å². The van der Waals surface area contributed by atoms with E-state index in [1.165, 1.54) is 0 Å².